The number of amides is 1. The Labute approximate surface area is 229 Å². The van der Waals surface area contributed by atoms with Gasteiger partial charge in [-0.1, -0.05) is 24.3 Å². The number of phenolic OH excluding ortho intramolecular Hbond substituents is 2. The molecule has 3 aromatic heterocycles. The maximum atomic E-state index is 12.9. The van der Waals surface area contributed by atoms with Gasteiger partial charge in [0.05, 0.1) is 22.1 Å². The predicted octanol–water partition coefficient (Wildman–Crippen LogP) is 1.70. The van der Waals surface area contributed by atoms with Crippen molar-refractivity contribution in [1.82, 2.24) is 29.8 Å². The Bertz CT molecular complexity index is 1740. The third kappa shape index (κ3) is 4.48. The highest BCUT2D eigenvalue weighted by atomic mass is 32.1. The van der Waals surface area contributed by atoms with Gasteiger partial charge in [0.25, 0.3) is 5.91 Å². The number of imidazole rings is 1. The van der Waals surface area contributed by atoms with Gasteiger partial charge in [-0.2, -0.15) is 0 Å². The smallest absolute Gasteiger partial charge is 0.255 e. The van der Waals surface area contributed by atoms with Crippen molar-refractivity contribution in [3.05, 3.63) is 66.8 Å². The number of benzene rings is 2. The van der Waals surface area contributed by atoms with E-state index in [1.54, 1.807) is 6.08 Å². The third-order valence-electron chi connectivity index (χ3n) is 6.52. The minimum atomic E-state index is -1.29. The normalized spacial score (nSPS) is 21.1. The summed E-state index contributed by atoms with van der Waals surface area (Å²) in [6.07, 6.45) is 1.28. The molecule has 1 saturated heterocycles. The first-order valence-corrected chi connectivity index (χ1v) is 12.9. The van der Waals surface area contributed by atoms with E-state index in [1.807, 2.05) is 24.3 Å². The van der Waals surface area contributed by atoms with Crippen LogP contribution in [0, 0.1) is 0 Å². The quantitative estimate of drug-likeness (QED) is 0.130. The number of thiazole rings is 1. The maximum absolute atomic E-state index is 12.9. The minimum Gasteiger partial charge on any atom is -0.504 e. The molecule has 4 atom stereocenters. The van der Waals surface area contributed by atoms with Crippen molar-refractivity contribution >= 4 is 44.4 Å². The molecular weight excluding hydrogens is 538 g/mol. The lowest BCUT2D eigenvalue weighted by Crippen LogP contribution is -2.31. The van der Waals surface area contributed by atoms with Gasteiger partial charge in [-0.25, -0.2) is 19.9 Å². The van der Waals surface area contributed by atoms with Crippen molar-refractivity contribution in [3.8, 4) is 22.1 Å². The Morgan fingerprint density at radius 3 is 2.80 bits per heavy atom. The van der Waals surface area contributed by atoms with Crippen LogP contribution >= 0.6 is 11.3 Å². The van der Waals surface area contributed by atoms with Gasteiger partial charge in [-0.3, -0.25) is 9.36 Å². The summed E-state index contributed by atoms with van der Waals surface area (Å²) in [6, 6.07) is 10.4. The van der Waals surface area contributed by atoms with E-state index in [1.165, 1.54) is 46.8 Å². The number of para-hydroxylation sites is 1. The zero-order chi connectivity index (χ0) is 28.0. The Morgan fingerprint density at radius 1 is 1.15 bits per heavy atom. The zero-order valence-electron chi connectivity index (χ0n) is 20.6. The zero-order valence-corrected chi connectivity index (χ0v) is 21.4. The number of aliphatic hydroxyl groups is 2. The number of carbonyl (C=O) groups is 1. The van der Waals surface area contributed by atoms with Crippen LogP contribution in [0.5, 0.6) is 11.5 Å². The average Bonchev–Trinajstić information content (AvgIpc) is 3.65. The van der Waals surface area contributed by atoms with Crippen LogP contribution in [0.15, 0.2) is 61.2 Å². The summed E-state index contributed by atoms with van der Waals surface area (Å²) in [4.78, 5) is 29.6. The molecule has 0 bridgehead atoms. The van der Waals surface area contributed by atoms with Crippen molar-refractivity contribution in [2.24, 2.45) is 0 Å². The van der Waals surface area contributed by atoms with Crippen LogP contribution in [0.4, 0.5) is 5.82 Å². The predicted molar refractivity (Wildman–Crippen MR) is 146 cm³/mol. The number of ether oxygens (including phenoxy) is 1. The number of aromatic hydroxyl groups is 2. The van der Waals surface area contributed by atoms with Crippen LogP contribution in [-0.4, -0.2) is 75.7 Å². The molecule has 204 valence electrons. The molecule has 14 heteroatoms. The van der Waals surface area contributed by atoms with Crippen molar-refractivity contribution in [1.29, 1.82) is 0 Å². The van der Waals surface area contributed by atoms with E-state index < -0.39 is 41.9 Å². The summed E-state index contributed by atoms with van der Waals surface area (Å²) in [5, 5.41) is 44.9. The number of anilines is 1. The first-order valence-electron chi connectivity index (χ1n) is 12.1. The molecule has 5 aromatic rings. The van der Waals surface area contributed by atoms with Crippen molar-refractivity contribution in [2.45, 2.75) is 24.5 Å². The topological polar surface area (TPSA) is 202 Å². The van der Waals surface area contributed by atoms with Crippen LogP contribution < -0.4 is 11.1 Å². The summed E-state index contributed by atoms with van der Waals surface area (Å²) in [6.45, 7) is 0.00943. The summed E-state index contributed by atoms with van der Waals surface area (Å²) in [5.41, 5.74) is 7.66. The van der Waals surface area contributed by atoms with E-state index in [0.717, 1.165) is 10.2 Å². The van der Waals surface area contributed by atoms with E-state index in [4.69, 9.17) is 10.5 Å². The fraction of sp³-hybridized carbons (Fsp3) is 0.192. The second-order valence-corrected chi connectivity index (χ2v) is 10.1. The number of rotatable bonds is 6. The highest BCUT2D eigenvalue weighted by Crippen LogP contribution is 2.38. The number of phenols is 2. The molecule has 1 fully saturated rings. The van der Waals surface area contributed by atoms with Gasteiger partial charge in [0.2, 0.25) is 0 Å². The molecule has 1 aliphatic rings. The van der Waals surface area contributed by atoms with Gasteiger partial charge in [0.1, 0.15) is 35.2 Å². The first kappa shape index (κ1) is 25.6. The monoisotopic (exact) mass is 561 g/mol. The average molecular weight is 562 g/mol. The number of nitrogen functional groups attached to an aromatic ring is 1. The molecule has 3 unspecified atom stereocenters. The van der Waals surface area contributed by atoms with Crippen LogP contribution in [0.1, 0.15) is 16.6 Å². The molecule has 2 aromatic carbocycles. The SMILES string of the molecule is Nc1ncnc2c1ncn2C1OC(C=CCNC(=O)c2cc(-c3nc4ccccc4s3)cc(O)c2O)C(O)[C@H]1O. The number of fused-ring (bicyclic) bond motifs is 2. The Morgan fingerprint density at radius 2 is 1.98 bits per heavy atom. The molecule has 6 rings (SSSR count). The molecular formula is C26H23N7O6S. The number of nitrogens with one attached hydrogen (secondary N) is 1. The number of nitrogens with zero attached hydrogens (tertiary/aromatic N) is 5. The van der Waals surface area contributed by atoms with Crippen LogP contribution in [0.3, 0.4) is 0 Å². The van der Waals surface area contributed by atoms with Gasteiger partial charge < -0.3 is 36.2 Å². The standard InChI is InChI=1S/C26H23N7O6S/c27-22-18-23(30-10-29-22)33(11-31-18)26-21(37)20(36)16(39-26)5-3-7-28-24(38)13-8-12(9-15(34)19(13)35)25-32-14-4-1-2-6-17(14)40-25/h1-6,8-11,16,20-21,26,34-37H,7H2,(H,28,38)(H2,27,29,30)/t16?,20?,21-,26?/m1/s1. The van der Waals surface area contributed by atoms with E-state index in [0.29, 0.717) is 21.7 Å². The Balaban J connectivity index is 1.14. The summed E-state index contributed by atoms with van der Waals surface area (Å²) >= 11 is 1.40. The second-order valence-electron chi connectivity index (χ2n) is 9.07. The molecule has 13 nitrogen and oxygen atoms in total. The molecule has 0 spiro atoms. The lowest BCUT2D eigenvalue weighted by molar-refractivity contribution is -0.0245. The highest BCUT2D eigenvalue weighted by molar-refractivity contribution is 7.21. The molecule has 0 aliphatic carbocycles. The van der Waals surface area contributed by atoms with Gasteiger partial charge in [-0.05, 0) is 24.3 Å². The molecule has 1 amide bonds. The van der Waals surface area contributed by atoms with Crippen LogP contribution in [0.2, 0.25) is 0 Å². The number of aromatic nitrogens is 5. The fourth-order valence-electron chi connectivity index (χ4n) is 4.49. The van der Waals surface area contributed by atoms with E-state index in [9.17, 15) is 25.2 Å². The number of hydrogen-bond acceptors (Lipinski definition) is 12. The number of aliphatic hydroxyl groups excluding tert-OH is 2. The summed E-state index contributed by atoms with van der Waals surface area (Å²) < 4.78 is 8.25. The van der Waals surface area contributed by atoms with Crippen molar-refractivity contribution in [2.75, 3.05) is 12.3 Å². The van der Waals surface area contributed by atoms with Crippen LogP contribution in [-0.2, 0) is 4.74 Å². The van der Waals surface area contributed by atoms with Gasteiger partial charge in [-0.15, -0.1) is 11.3 Å². The number of carbonyl (C=O) groups excluding carboxylic acids is 1. The van der Waals surface area contributed by atoms with Gasteiger partial charge >= 0.3 is 0 Å². The van der Waals surface area contributed by atoms with E-state index >= 15 is 0 Å². The van der Waals surface area contributed by atoms with E-state index in [2.05, 4.69) is 25.3 Å². The second kappa shape index (κ2) is 10.2. The largest absolute Gasteiger partial charge is 0.504 e. The molecule has 4 heterocycles. The summed E-state index contributed by atoms with van der Waals surface area (Å²) in [7, 11) is 0. The molecule has 0 saturated carbocycles. The highest BCUT2D eigenvalue weighted by Gasteiger charge is 2.43. The van der Waals surface area contributed by atoms with Crippen LogP contribution in [0.25, 0.3) is 32.0 Å². The maximum Gasteiger partial charge on any atom is 0.255 e. The molecule has 7 N–H and O–H groups in total. The fourth-order valence-corrected chi connectivity index (χ4v) is 5.44. The minimum absolute atomic E-state index is 0.00943. The first-order chi connectivity index (χ1) is 19.3. The van der Waals surface area contributed by atoms with Gasteiger partial charge in [0, 0.05) is 12.1 Å². The van der Waals surface area contributed by atoms with Crippen molar-refractivity contribution < 1.29 is 30.0 Å². The van der Waals surface area contributed by atoms with E-state index in [-0.39, 0.29) is 17.9 Å². The molecule has 1 aliphatic heterocycles. The van der Waals surface area contributed by atoms with Crippen molar-refractivity contribution in [3.63, 3.8) is 0 Å². The Hall–Kier alpha value is -4.63. The lowest BCUT2D eigenvalue weighted by Gasteiger charge is -2.16. The molecule has 40 heavy (non-hydrogen) atoms. The molecule has 0 radical (unpaired) electrons. The number of nitrogens with two attached hydrogens (primary N) is 1. The lowest BCUT2D eigenvalue weighted by atomic mass is 10.1. The van der Waals surface area contributed by atoms with Gasteiger partial charge in [0.15, 0.2) is 29.2 Å². The summed E-state index contributed by atoms with van der Waals surface area (Å²) in [5.74, 6) is -1.45. The number of hydrogen-bond donors (Lipinski definition) is 6. The third-order valence-corrected chi connectivity index (χ3v) is 7.60. The Kier molecular flexibility index (Phi) is 6.51.